The van der Waals surface area contributed by atoms with Gasteiger partial charge in [-0.2, -0.15) is 4.89 Å². The lowest BCUT2D eigenvalue weighted by molar-refractivity contribution is -0.290. The van der Waals surface area contributed by atoms with Crippen molar-refractivity contribution in [3.8, 4) is 0 Å². The van der Waals surface area contributed by atoms with Crippen molar-refractivity contribution >= 4 is 5.97 Å². The van der Waals surface area contributed by atoms with E-state index in [9.17, 15) is 4.79 Å². The molecule has 1 saturated carbocycles. The van der Waals surface area contributed by atoms with Crippen LogP contribution in [-0.2, 0) is 9.78 Å². The molecule has 1 aromatic carbocycles. The molecule has 0 saturated heterocycles. The van der Waals surface area contributed by atoms with Crippen LogP contribution in [-0.4, -0.2) is 12.1 Å². The highest BCUT2D eigenvalue weighted by molar-refractivity contribution is 5.88. The van der Waals surface area contributed by atoms with Crippen LogP contribution in [0, 0.1) is 11.8 Å². The van der Waals surface area contributed by atoms with Crippen LogP contribution in [0.5, 0.6) is 0 Å². The van der Waals surface area contributed by atoms with Gasteiger partial charge in [-0.05, 0) is 54.7 Å². The Morgan fingerprint density at radius 3 is 2.38 bits per heavy atom. The van der Waals surface area contributed by atoms with E-state index in [1.54, 1.807) is 12.1 Å². The summed E-state index contributed by atoms with van der Waals surface area (Å²) >= 11 is 0. The fraction of sp³-hybridized carbons (Fsp3) is 0.611. The van der Waals surface area contributed by atoms with Crippen LogP contribution in [0.1, 0.15) is 68.8 Å². The van der Waals surface area contributed by atoms with Gasteiger partial charge < -0.3 is 0 Å². The Morgan fingerprint density at radius 2 is 1.81 bits per heavy atom. The first-order valence-electron chi connectivity index (χ1n) is 7.95. The monoisotopic (exact) mass is 290 g/mol. The molecular formula is C18H26O3. The molecular weight excluding hydrogens is 264 g/mol. The molecule has 1 fully saturated rings. The van der Waals surface area contributed by atoms with Crippen LogP contribution in [0.4, 0.5) is 0 Å². The molecule has 1 aromatic rings. The summed E-state index contributed by atoms with van der Waals surface area (Å²) in [5.41, 5.74) is 1.75. The Kier molecular flexibility index (Phi) is 5.40. The Bertz CT molecular complexity index is 464. The minimum absolute atomic E-state index is 0.0279. The zero-order chi connectivity index (χ0) is 15.4. The van der Waals surface area contributed by atoms with Crippen LogP contribution in [0.2, 0.25) is 0 Å². The van der Waals surface area contributed by atoms with Gasteiger partial charge in [0, 0.05) is 0 Å². The second kappa shape index (κ2) is 7.08. The topological polar surface area (TPSA) is 35.5 Å². The van der Waals surface area contributed by atoms with Crippen LogP contribution >= 0.6 is 0 Å². The maximum atomic E-state index is 12.0. The van der Waals surface area contributed by atoms with Gasteiger partial charge in [-0.15, -0.1) is 0 Å². The Balaban J connectivity index is 1.87. The summed E-state index contributed by atoms with van der Waals surface area (Å²) in [6, 6.07) is 7.53. The Hall–Kier alpha value is -1.35. The molecule has 0 heterocycles. The SMILES string of the molecule is CC1CCC(OOC(=O)c2ccc(C(C)C)cc2)C(C)C1. The third-order valence-electron chi connectivity index (χ3n) is 4.41. The van der Waals surface area contributed by atoms with Crippen molar-refractivity contribution in [1.82, 2.24) is 0 Å². The molecule has 116 valence electrons. The normalized spacial score (nSPS) is 25.9. The maximum Gasteiger partial charge on any atom is 0.373 e. The van der Waals surface area contributed by atoms with E-state index in [0.717, 1.165) is 25.2 Å². The largest absolute Gasteiger partial charge is 0.373 e. The highest BCUT2D eigenvalue weighted by Crippen LogP contribution is 2.30. The van der Waals surface area contributed by atoms with E-state index in [0.29, 0.717) is 17.4 Å². The summed E-state index contributed by atoms with van der Waals surface area (Å²) in [6.07, 6.45) is 3.25. The maximum absolute atomic E-state index is 12.0. The second-order valence-electron chi connectivity index (χ2n) is 6.68. The molecule has 0 aromatic heterocycles. The highest BCUT2D eigenvalue weighted by atomic mass is 17.2. The number of hydrogen-bond acceptors (Lipinski definition) is 3. The molecule has 1 aliphatic rings. The highest BCUT2D eigenvalue weighted by Gasteiger charge is 2.28. The molecule has 2 rings (SSSR count). The average molecular weight is 290 g/mol. The molecule has 3 unspecified atom stereocenters. The standard InChI is InChI=1S/C18H26O3/c1-12(2)15-6-8-16(9-7-15)18(19)21-20-17-10-5-13(3)11-14(17)4/h6-9,12-14,17H,5,10-11H2,1-4H3. The quantitative estimate of drug-likeness (QED) is 0.594. The predicted octanol–water partition coefficient (Wildman–Crippen LogP) is 4.72. The summed E-state index contributed by atoms with van der Waals surface area (Å²) in [7, 11) is 0. The van der Waals surface area contributed by atoms with Gasteiger partial charge in [0.2, 0.25) is 0 Å². The number of carbonyl (C=O) groups excluding carboxylic acids is 1. The van der Waals surface area contributed by atoms with E-state index in [1.165, 1.54) is 5.56 Å². The van der Waals surface area contributed by atoms with E-state index in [1.807, 2.05) is 12.1 Å². The van der Waals surface area contributed by atoms with Crippen molar-refractivity contribution in [2.24, 2.45) is 11.8 Å². The molecule has 0 amide bonds. The van der Waals surface area contributed by atoms with Crippen LogP contribution in [0.25, 0.3) is 0 Å². The number of hydrogen-bond donors (Lipinski definition) is 0. The Morgan fingerprint density at radius 1 is 1.14 bits per heavy atom. The average Bonchev–Trinajstić information content (AvgIpc) is 2.46. The molecule has 0 N–H and O–H groups in total. The van der Waals surface area contributed by atoms with Crippen LogP contribution in [0.15, 0.2) is 24.3 Å². The molecule has 21 heavy (non-hydrogen) atoms. The summed E-state index contributed by atoms with van der Waals surface area (Å²) in [5.74, 6) is 1.22. The van der Waals surface area contributed by atoms with Gasteiger partial charge in [-0.3, -0.25) is 4.89 Å². The number of carbonyl (C=O) groups is 1. The van der Waals surface area contributed by atoms with E-state index >= 15 is 0 Å². The lowest BCUT2D eigenvalue weighted by Gasteiger charge is -2.30. The smallest absolute Gasteiger partial charge is 0.293 e. The fourth-order valence-electron chi connectivity index (χ4n) is 2.94. The van der Waals surface area contributed by atoms with E-state index in [4.69, 9.17) is 9.78 Å². The first-order chi connectivity index (χ1) is 9.97. The summed E-state index contributed by atoms with van der Waals surface area (Å²) < 4.78 is 0. The zero-order valence-corrected chi connectivity index (χ0v) is 13.5. The number of rotatable bonds is 4. The summed E-state index contributed by atoms with van der Waals surface area (Å²) in [5, 5.41) is 0. The van der Waals surface area contributed by atoms with Gasteiger partial charge in [0.05, 0.1) is 5.56 Å². The van der Waals surface area contributed by atoms with Crippen LogP contribution in [0.3, 0.4) is 0 Å². The Labute approximate surface area is 127 Å². The van der Waals surface area contributed by atoms with Gasteiger partial charge in [0.1, 0.15) is 6.10 Å². The molecule has 3 nitrogen and oxygen atoms in total. The number of benzene rings is 1. The van der Waals surface area contributed by atoms with Gasteiger partial charge in [-0.1, -0.05) is 39.8 Å². The summed E-state index contributed by atoms with van der Waals surface area (Å²) in [4.78, 5) is 22.4. The fourth-order valence-corrected chi connectivity index (χ4v) is 2.94. The molecule has 0 bridgehead atoms. The van der Waals surface area contributed by atoms with Gasteiger partial charge in [-0.25, -0.2) is 4.79 Å². The van der Waals surface area contributed by atoms with E-state index < -0.39 is 5.97 Å². The first-order valence-corrected chi connectivity index (χ1v) is 7.95. The third kappa shape index (κ3) is 4.31. The van der Waals surface area contributed by atoms with Crippen molar-refractivity contribution < 1.29 is 14.6 Å². The molecule has 1 aliphatic carbocycles. The van der Waals surface area contributed by atoms with Crippen molar-refractivity contribution in [3.63, 3.8) is 0 Å². The van der Waals surface area contributed by atoms with Gasteiger partial charge in [0.15, 0.2) is 0 Å². The van der Waals surface area contributed by atoms with Crippen molar-refractivity contribution in [2.75, 3.05) is 0 Å². The van der Waals surface area contributed by atoms with Crippen molar-refractivity contribution in [2.45, 2.75) is 59.0 Å². The first kappa shape index (κ1) is 16.0. The van der Waals surface area contributed by atoms with E-state index in [-0.39, 0.29) is 6.10 Å². The minimum Gasteiger partial charge on any atom is -0.293 e. The van der Waals surface area contributed by atoms with E-state index in [2.05, 4.69) is 27.7 Å². The lowest BCUT2D eigenvalue weighted by atomic mass is 9.81. The molecule has 0 radical (unpaired) electrons. The van der Waals surface area contributed by atoms with Gasteiger partial charge in [0.25, 0.3) is 0 Å². The zero-order valence-electron chi connectivity index (χ0n) is 13.5. The lowest BCUT2D eigenvalue weighted by Crippen LogP contribution is -2.29. The minimum atomic E-state index is -0.406. The molecule has 3 heteroatoms. The molecule has 0 aliphatic heterocycles. The van der Waals surface area contributed by atoms with Crippen molar-refractivity contribution in [3.05, 3.63) is 35.4 Å². The molecule has 0 spiro atoms. The van der Waals surface area contributed by atoms with Crippen molar-refractivity contribution in [1.29, 1.82) is 0 Å². The van der Waals surface area contributed by atoms with Gasteiger partial charge >= 0.3 is 5.97 Å². The second-order valence-corrected chi connectivity index (χ2v) is 6.68. The molecule has 3 atom stereocenters. The predicted molar refractivity (Wildman–Crippen MR) is 83.0 cm³/mol. The third-order valence-corrected chi connectivity index (χ3v) is 4.41. The van der Waals surface area contributed by atoms with Crippen LogP contribution < -0.4 is 0 Å². The summed E-state index contributed by atoms with van der Waals surface area (Å²) in [6.45, 7) is 8.67.